The van der Waals surface area contributed by atoms with E-state index in [1.807, 2.05) is 18.2 Å². The van der Waals surface area contributed by atoms with Gasteiger partial charge in [-0.15, -0.1) is 0 Å². The number of halogens is 2. The highest BCUT2D eigenvalue weighted by molar-refractivity contribution is 14.1. The van der Waals surface area contributed by atoms with Crippen molar-refractivity contribution in [1.82, 2.24) is 14.1 Å². The van der Waals surface area contributed by atoms with Gasteiger partial charge in [0.2, 0.25) is 0 Å². The lowest BCUT2D eigenvalue weighted by atomic mass is 9.95. The van der Waals surface area contributed by atoms with Gasteiger partial charge in [0.25, 0.3) is 5.56 Å². The number of nitrogens with zero attached hydrogens (tertiary/aromatic N) is 3. The van der Waals surface area contributed by atoms with E-state index in [0.29, 0.717) is 5.69 Å². The molecule has 0 unspecified atom stereocenters. The fraction of sp³-hybridized carbons (Fsp3) is 0.316. The summed E-state index contributed by atoms with van der Waals surface area (Å²) < 4.78 is 17.5. The molecule has 0 bridgehead atoms. The van der Waals surface area contributed by atoms with Gasteiger partial charge in [0.15, 0.2) is 5.65 Å². The van der Waals surface area contributed by atoms with E-state index in [1.54, 1.807) is 6.07 Å². The highest BCUT2D eigenvalue weighted by Crippen LogP contribution is 2.26. The number of rotatable bonds is 2. The number of hydrogen-bond donors (Lipinski definition) is 0. The van der Waals surface area contributed by atoms with Crippen LogP contribution in [0.4, 0.5) is 4.39 Å². The first kappa shape index (κ1) is 17.4. The molecule has 7 heteroatoms. The predicted octanol–water partition coefficient (Wildman–Crippen LogP) is 3.80. The summed E-state index contributed by atoms with van der Waals surface area (Å²) in [6, 6.07) is 8.43. The number of hydrogen-bond acceptors (Lipinski definition) is 3. The predicted molar refractivity (Wildman–Crippen MR) is 106 cm³/mol. The number of benzene rings is 1. The molecule has 0 radical (unpaired) electrons. The lowest BCUT2D eigenvalue weighted by Gasteiger charge is -2.24. The summed E-state index contributed by atoms with van der Waals surface area (Å²) >= 11 is 2.17. The zero-order valence-corrected chi connectivity index (χ0v) is 16.1. The molecule has 1 aliphatic carbocycles. The zero-order valence-electron chi connectivity index (χ0n) is 14.0. The van der Waals surface area contributed by atoms with Crippen molar-refractivity contribution in [3.63, 3.8) is 0 Å². The van der Waals surface area contributed by atoms with E-state index in [0.717, 1.165) is 41.9 Å². The van der Waals surface area contributed by atoms with Crippen LogP contribution >= 0.6 is 22.6 Å². The molecular weight excluding hydrogens is 448 g/mol. The van der Waals surface area contributed by atoms with E-state index in [2.05, 4.69) is 27.6 Å². The van der Waals surface area contributed by atoms with Crippen molar-refractivity contribution in [1.29, 1.82) is 0 Å². The molecule has 2 aromatic heterocycles. The fourth-order valence-electron chi connectivity index (χ4n) is 3.69. The maximum Gasteiger partial charge on any atom is 0.337 e. The summed E-state index contributed by atoms with van der Waals surface area (Å²) in [5.74, 6) is -0.586. The Labute approximate surface area is 162 Å². The van der Waals surface area contributed by atoms with Gasteiger partial charge in [-0.1, -0.05) is 25.3 Å². The smallest absolute Gasteiger partial charge is 0.268 e. The van der Waals surface area contributed by atoms with Crippen molar-refractivity contribution in [3.8, 4) is 5.69 Å². The van der Waals surface area contributed by atoms with E-state index < -0.39 is 17.1 Å². The van der Waals surface area contributed by atoms with Crippen molar-refractivity contribution in [3.05, 3.63) is 66.8 Å². The summed E-state index contributed by atoms with van der Waals surface area (Å²) in [5.41, 5.74) is -0.0488. The molecule has 1 aromatic carbocycles. The van der Waals surface area contributed by atoms with Gasteiger partial charge in [-0.25, -0.2) is 18.7 Å². The third kappa shape index (κ3) is 2.98. The van der Waals surface area contributed by atoms with E-state index in [-0.39, 0.29) is 17.1 Å². The number of pyridine rings is 1. The van der Waals surface area contributed by atoms with Crippen molar-refractivity contribution >= 4 is 33.6 Å². The number of aromatic nitrogens is 3. The second-order valence-corrected chi connectivity index (χ2v) is 7.84. The quantitative estimate of drug-likeness (QED) is 0.542. The minimum absolute atomic E-state index is 0.133. The molecule has 4 rings (SSSR count). The van der Waals surface area contributed by atoms with E-state index >= 15 is 0 Å². The van der Waals surface area contributed by atoms with Crippen LogP contribution in [0.2, 0.25) is 0 Å². The molecule has 0 amide bonds. The standard InChI is InChI=1S/C19H17FIN3O2/c20-12-9-16-17(22-11-12)23(15-8-4-5-13(21)10-15)19(26)24(18(16)25)14-6-2-1-3-7-14/h4-5,8-11,14H,1-3,6-7H2. The molecule has 0 spiro atoms. The Bertz CT molecular complexity index is 1100. The van der Waals surface area contributed by atoms with Crippen molar-refractivity contribution < 1.29 is 4.39 Å². The zero-order chi connectivity index (χ0) is 18.3. The Morgan fingerprint density at radius 1 is 1.12 bits per heavy atom. The average Bonchev–Trinajstić information content (AvgIpc) is 2.63. The maximum absolute atomic E-state index is 13.8. The molecule has 3 aromatic rings. The Morgan fingerprint density at radius 3 is 2.62 bits per heavy atom. The molecule has 1 aliphatic rings. The molecule has 1 fully saturated rings. The monoisotopic (exact) mass is 465 g/mol. The molecule has 2 heterocycles. The van der Waals surface area contributed by atoms with Gasteiger partial charge in [-0.05, 0) is 59.7 Å². The summed E-state index contributed by atoms with van der Waals surface area (Å²) in [6.45, 7) is 0. The lowest BCUT2D eigenvalue weighted by molar-refractivity contribution is 0.335. The summed E-state index contributed by atoms with van der Waals surface area (Å²) in [7, 11) is 0. The van der Waals surface area contributed by atoms with Gasteiger partial charge in [-0.2, -0.15) is 0 Å². The van der Waals surface area contributed by atoms with Crippen LogP contribution in [0.15, 0.2) is 46.1 Å². The van der Waals surface area contributed by atoms with Crippen LogP contribution in [0.1, 0.15) is 38.1 Å². The Balaban J connectivity index is 2.09. The lowest BCUT2D eigenvalue weighted by Crippen LogP contribution is -2.42. The van der Waals surface area contributed by atoms with E-state index in [1.165, 1.54) is 15.2 Å². The highest BCUT2D eigenvalue weighted by atomic mass is 127. The Kier molecular flexibility index (Phi) is 4.64. The third-order valence-electron chi connectivity index (χ3n) is 4.90. The van der Waals surface area contributed by atoms with Crippen molar-refractivity contribution in [2.45, 2.75) is 38.1 Å². The minimum atomic E-state index is -0.586. The molecule has 0 aliphatic heterocycles. The largest absolute Gasteiger partial charge is 0.337 e. The molecule has 5 nitrogen and oxygen atoms in total. The van der Waals surface area contributed by atoms with Crippen LogP contribution in [0, 0.1) is 9.39 Å². The first-order valence-corrected chi connectivity index (χ1v) is 9.73. The molecule has 1 saturated carbocycles. The van der Waals surface area contributed by atoms with Crippen LogP contribution < -0.4 is 11.2 Å². The molecule has 0 atom stereocenters. The molecule has 0 saturated heterocycles. The maximum atomic E-state index is 13.8. The Hall–Kier alpha value is -2.03. The summed E-state index contributed by atoms with van der Waals surface area (Å²) in [6.07, 6.45) is 5.69. The molecular formula is C19H17FIN3O2. The highest BCUT2D eigenvalue weighted by Gasteiger charge is 2.23. The van der Waals surface area contributed by atoms with Gasteiger partial charge in [0.1, 0.15) is 5.82 Å². The Morgan fingerprint density at radius 2 is 1.88 bits per heavy atom. The van der Waals surface area contributed by atoms with Gasteiger partial charge in [0, 0.05) is 9.61 Å². The van der Waals surface area contributed by atoms with Crippen LogP contribution in [0.3, 0.4) is 0 Å². The van der Waals surface area contributed by atoms with E-state index in [9.17, 15) is 14.0 Å². The minimum Gasteiger partial charge on any atom is -0.268 e. The van der Waals surface area contributed by atoms with E-state index in [4.69, 9.17) is 0 Å². The van der Waals surface area contributed by atoms with Gasteiger partial charge >= 0.3 is 5.69 Å². The van der Waals surface area contributed by atoms with Crippen LogP contribution in [0.25, 0.3) is 16.7 Å². The molecule has 0 N–H and O–H groups in total. The van der Waals surface area contributed by atoms with Gasteiger partial charge in [-0.3, -0.25) is 9.36 Å². The van der Waals surface area contributed by atoms with Gasteiger partial charge < -0.3 is 0 Å². The molecule has 26 heavy (non-hydrogen) atoms. The van der Waals surface area contributed by atoms with Crippen LogP contribution in [-0.2, 0) is 0 Å². The molecule has 134 valence electrons. The summed E-state index contributed by atoms with van der Waals surface area (Å²) in [5, 5.41) is 0.133. The number of fused-ring (bicyclic) bond motifs is 1. The van der Waals surface area contributed by atoms with Gasteiger partial charge in [0.05, 0.1) is 17.3 Å². The first-order valence-electron chi connectivity index (χ1n) is 8.65. The summed E-state index contributed by atoms with van der Waals surface area (Å²) in [4.78, 5) is 30.3. The average molecular weight is 465 g/mol. The first-order chi connectivity index (χ1) is 12.6. The normalized spacial score (nSPS) is 15.5. The topological polar surface area (TPSA) is 56.9 Å². The van der Waals surface area contributed by atoms with Crippen molar-refractivity contribution in [2.75, 3.05) is 0 Å². The third-order valence-corrected chi connectivity index (χ3v) is 5.57. The van der Waals surface area contributed by atoms with Crippen molar-refractivity contribution in [2.24, 2.45) is 0 Å². The van der Waals surface area contributed by atoms with Crippen LogP contribution in [0.5, 0.6) is 0 Å². The van der Waals surface area contributed by atoms with Crippen LogP contribution in [-0.4, -0.2) is 14.1 Å². The second kappa shape index (κ2) is 6.94. The second-order valence-electron chi connectivity index (χ2n) is 6.59. The SMILES string of the molecule is O=c1c2cc(F)cnc2n(-c2cccc(I)c2)c(=O)n1C1CCCCC1. The fourth-order valence-corrected chi connectivity index (χ4v) is 4.22.